The van der Waals surface area contributed by atoms with Crippen LogP contribution in [0.2, 0.25) is 0 Å². The maximum atomic E-state index is 10.8. The smallest absolute Gasteiger partial charge is 0.323 e. The van der Waals surface area contributed by atoms with Crippen LogP contribution in [0.4, 0.5) is 0 Å². The first kappa shape index (κ1) is 8.26. The Morgan fingerprint density at radius 3 is 2.69 bits per heavy atom. The highest BCUT2D eigenvalue weighted by atomic mass is 16.4. The molecule has 0 saturated carbocycles. The Morgan fingerprint density at radius 1 is 1.62 bits per heavy atom. The van der Waals surface area contributed by atoms with Gasteiger partial charge < -0.3 is 10.8 Å². The van der Waals surface area contributed by atoms with Crippen LogP contribution in [0.1, 0.15) is 13.8 Å². The standard InChI is InChI=1S/C10H13NO2/c1-10(11,9(12)13)7-8-5-3-2-4-6-8/h2-6H,7,11H2,1H3,(H,12,13)/t10-/m0/s1/i1D. The molecule has 3 N–H and O–H groups in total. The van der Waals surface area contributed by atoms with Crippen molar-refractivity contribution >= 4 is 5.97 Å². The summed E-state index contributed by atoms with van der Waals surface area (Å²) < 4.78 is 7.13. The van der Waals surface area contributed by atoms with Crippen LogP contribution in [-0.2, 0) is 11.2 Å². The van der Waals surface area contributed by atoms with Gasteiger partial charge in [-0.05, 0) is 12.5 Å². The van der Waals surface area contributed by atoms with Crippen molar-refractivity contribution in [3.05, 3.63) is 35.9 Å². The van der Waals surface area contributed by atoms with E-state index in [4.69, 9.17) is 12.2 Å². The Balaban J connectivity index is 2.81. The number of hydrogen-bond acceptors (Lipinski definition) is 2. The molecule has 0 fully saturated rings. The third-order valence-electron chi connectivity index (χ3n) is 1.79. The molecule has 1 atom stereocenters. The highest BCUT2D eigenvalue weighted by Crippen LogP contribution is 2.10. The van der Waals surface area contributed by atoms with Gasteiger partial charge in [0.2, 0.25) is 0 Å². The fourth-order valence-electron chi connectivity index (χ4n) is 1.04. The lowest BCUT2D eigenvalue weighted by Crippen LogP contribution is -2.46. The maximum absolute atomic E-state index is 10.8. The van der Waals surface area contributed by atoms with E-state index in [9.17, 15) is 4.79 Å². The van der Waals surface area contributed by atoms with Gasteiger partial charge in [-0.2, -0.15) is 0 Å². The molecule has 0 aromatic heterocycles. The lowest BCUT2D eigenvalue weighted by atomic mass is 9.94. The summed E-state index contributed by atoms with van der Waals surface area (Å²) in [6, 6.07) is 9.10. The molecule has 3 heteroatoms. The zero-order valence-corrected chi connectivity index (χ0v) is 7.23. The fourth-order valence-corrected chi connectivity index (χ4v) is 1.04. The molecule has 3 nitrogen and oxygen atoms in total. The molecule has 70 valence electrons. The summed E-state index contributed by atoms with van der Waals surface area (Å²) in [5.41, 5.74) is 4.95. The molecular formula is C10H13NO2. The molecule has 1 aromatic carbocycles. The fraction of sp³-hybridized carbons (Fsp3) is 0.300. The van der Waals surface area contributed by atoms with Crippen LogP contribution < -0.4 is 5.73 Å². The highest BCUT2D eigenvalue weighted by molar-refractivity contribution is 5.78. The number of carboxylic acids is 1. The van der Waals surface area contributed by atoms with Crippen molar-refractivity contribution in [1.29, 1.82) is 0 Å². The summed E-state index contributed by atoms with van der Waals surface area (Å²) >= 11 is 0. The Morgan fingerprint density at radius 2 is 2.23 bits per heavy atom. The van der Waals surface area contributed by atoms with Crippen LogP contribution in [0.25, 0.3) is 0 Å². The van der Waals surface area contributed by atoms with E-state index in [2.05, 4.69) is 0 Å². The second kappa shape index (κ2) is 3.58. The van der Waals surface area contributed by atoms with Crippen LogP contribution in [0, 0.1) is 0 Å². The first-order valence-corrected chi connectivity index (χ1v) is 3.94. The predicted molar refractivity (Wildman–Crippen MR) is 50.4 cm³/mol. The molecular weight excluding hydrogens is 166 g/mol. The van der Waals surface area contributed by atoms with Crippen LogP contribution in [-0.4, -0.2) is 16.6 Å². The minimum atomic E-state index is -1.47. The van der Waals surface area contributed by atoms with Gasteiger partial charge in [-0.1, -0.05) is 30.3 Å². The Bertz CT molecular complexity index is 315. The zero-order chi connectivity index (χ0) is 10.6. The van der Waals surface area contributed by atoms with Gasteiger partial charge in [-0.3, -0.25) is 4.79 Å². The van der Waals surface area contributed by atoms with Crippen molar-refractivity contribution in [2.24, 2.45) is 5.73 Å². The number of aliphatic carboxylic acids is 1. The molecule has 0 aliphatic carbocycles. The Hall–Kier alpha value is -1.35. The molecule has 1 aromatic rings. The molecule has 0 aliphatic heterocycles. The number of benzene rings is 1. The molecule has 0 heterocycles. The molecule has 0 bridgehead atoms. The van der Waals surface area contributed by atoms with Gasteiger partial charge >= 0.3 is 5.97 Å². The molecule has 0 aliphatic rings. The summed E-state index contributed by atoms with van der Waals surface area (Å²) in [6.45, 7) is -0.322. The second-order valence-electron chi connectivity index (χ2n) is 3.12. The van der Waals surface area contributed by atoms with E-state index in [1.54, 1.807) is 12.1 Å². The lowest BCUT2D eigenvalue weighted by Gasteiger charge is -2.18. The van der Waals surface area contributed by atoms with Crippen LogP contribution in [0.5, 0.6) is 0 Å². The van der Waals surface area contributed by atoms with Gasteiger partial charge in [0.15, 0.2) is 0 Å². The lowest BCUT2D eigenvalue weighted by molar-refractivity contribution is -0.142. The van der Waals surface area contributed by atoms with Crippen molar-refractivity contribution in [3.8, 4) is 0 Å². The monoisotopic (exact) mass is 180 g/mol. The van der Waals surface area contributed by atoms with E-state index >= 15 is 0 Å². The second-order valence-corrected chi connectivity index (χ2v) is 3.12. The average molecular weight is 180 g/mol. The van der Waals surface area contributed by atoms with Gasteiger partial charge in [-0.15, -0.1) is 0 Å². The Labute approximate surface area is 78.6 Å². The van der Waals surface area contributed by atoms with E-state index in [0.29, 0.717) is 0 Å². The van der Waals surface area contributed by atoms with Gasteiger partial charge in [0.1, 0.15) is 5.54 Å². The topological polar surface area (TPSA) is 63.3 Å². The largest absolute Gasteiger partial charge is 0.480 e. The summed E-state index contributed by atoms with van der Waals surface area (Å²) in [4.78, 5) is 10.8. The van der Waals surface area contributed by atoms with Crippen molar-refractivity contribution < 1.29 is 11.3 Å². The first-order valence-electron chi connectivity index (χ1n) is 4.64. The summed E-state index contributed by atoms with van der Waals surface area (Å²) in [5.74, 6) is -1.13. The van der Waals surface area contributed by atoms with Crippen molar-refractivity contribution in [1.82, 2.24) is 0 Å². The number of hydrogen-bond donors (Lipinski definition) is 2. The quantitative estimate of drug-likeness (QED) is 0.730. The molecule has 0 saturated heterocycles. The van der Waals surface area contributed by atoms with Crippen LogP contribution in [0.15, 0.2) is 30.3 Å². The normalized spacial score (nSPS) is 15.9. The average Bonchev–Trinajstić information content (AvgIpc) is 2.19. The number of nitrogens with two attached hydrogens (primary N) is 1. The van der Waals surface area contributed by atoms with Crippen molar-refractivity contribution in [2.75, 3.05) is 0 Å². The number of carbonyl (C=O) groups is 1. The van der Waals surface area contributed by atoms with E-state index in [0.717, 1.165) is 5.56 Å². The minimum absolute atomic E-state index is 0.187. The summed E-state index contributed by atoms with van der Waals surface area (Å²) in [5, 5.41) is 8.85. The molecule has 0 amide bonds. The number of rotatable bonds is 3. The van der Waals surface area contributed by atoms with Gasteiger partial charge in [0.25, 0.3) is 0 Å². The van der Waals surface area contributed by atoms with E-state index < -0.39 is 11.5 Å². The van der Waals surface area contributed by atoms with E-state index in [1.807, 2.05) is 18.2 Å². The third-order valence-corrected chi connectivity index (χ3v) is 1.79. The molecule has 0 unspecified atom stereocenters. The van der Waals surface area contributed by atoms with Gasteiger partial charge in [-0.25, -0.2) is 0 Å². The van der Waals surface area contributed by atoms with Gasteiger partial charge in [0.05, 0.1) is 0 Å². The van der Waals surface area contributed by atoms with Crippen molar-refractivity contribution in [2.45, 2.75) is 18.9 Å². The minimum Gasteiger partial charge on any atom is -0.480 e. The highest BCUT2D eigenvalue weighted by Gasteiger charge is 2.27. The SMILES string of the molecule is [2H]C[C@](N)(Cc1ccccc1)C(=O)O. The molecule has 0 spiro atoms. The summed E-state index contributed by atoms with van der Waals surface area (Å²) in [7, 11) is 0. The molecule has 1 rings (SSSR count). The van der Waals surface area contributed by atoms with E-state index in [-0.39, 0.29) is 13.3 Å². The molecule has 13 heavy (non-hydrogen) atoms. The predicted octanol–water partition coefficient (Wildman–Crippen LogP) is 1.03. The zero-order valence-electron chi connectivity index (χ0n) is 8.23. The number of carboxylic acid groups (broad SMARTS) is 1. The van der Waals surface area contributed by atoms with Crippen LogP contribution >= 0.6 is 0 Å². The third kappa shape index (κ3) is 2.56. The van der Waals surface area contributed by atoms with E-state index in [1.165, 1.54) is 0 Å². The first-order chi connectivity index (χ1) is 6.58. The summed E-state index contributed by atoms with van der Waals surface area (Å²) in [6.07, 6.45) is 0.187. The van der Waals surface area contributed by atoms with Gasteiger partial charge in [0, 0.05) is 7.79 Å². The van der Waals surface area contributed by atoms with Crippen molar-refractivity contribution in [3.63, 3.8) is 0 Å². The molecule has 0 radical (unpaired) electrons. The van der Waals surface area contributed by atoms with Crippen LogP contribution in [0.3, 0.4) is 0 Å². The Kier molecular flexibility index (Phi) is 2.27. The maximum Gasteiger partial charge on any atom is 0.323 e.